The molecule has 4 saturated carbocycles. The molecule has 8 nitrogen and oxygen atoms in total. The number of aliphatic hydroxyl groups is 1. The van der Waals surface area contributed by atoms with Gasteiger partial charge in [0.15, 0.2) is 0 Å². The van der Waals surface area contributed by atoms with E-state index >= 15 is 0 Å². The summed E-state index contributed by atoms with van der Waals surface area (Å²) in [4.78, 5) is 36.4. The van der Waals surface area contributed by atoms with E-state index in [1.807, 2.05) is 6.07 Å². The summed E-state index contributed by atoms with van der Waals surface area (Å²) < 4.78 is 16.4. The third kappa shape index (κ3) is 4.99. The molecule has 4 aliphatic carbocycles. The van der Waals surface area contributed by atoms with Crippen LogP contribution in [0.25, 0.3) is 0 Å². The average molecular weight is 558 g/mol. The molecule has 8 heteroatoms. The van der Waals surface area contributed by atoms with E-state index in [1.54, 1.807) is 34.0 Å². The molecule has 1 aromatic rings. The molecular weight excluding hydrogens is 510 g/mol. The van der Waals surface area contributed by atoms with E-state index in [1.165, 1.54) is 6.07 Å². The van der Waals surface area contributed by atoms with Gasteiger partial charge < -0.3 is 24.3 Å². The van der Waals surface area contributed by atoms with Crippen molar-refractivity contribution in [2.75, 3.05) is 0 Å². The summed E-state index contributed by atoms with van der Waals surface area (Å²) in [5.74, 6) is 0.860. The van der Waals surface area contributed by atoms with Gasteiger partial charge >= 0.3 is 17.7 Å². The van der Waals surface area contributed by atoms with E-state index in [-0.39, 0.29) is 34.4 Å². The Kier molecular flexibility index (Phi) is 7.42. The lowest BCUT2D eigenvalue weighted by Gasteiger charge is -2.63. The van der Waals surface area contributed by atoms with Crippen LogP contribution in [0.1, 0.15) is 111 Å². The van der Waals surface area contributed by atoms with Crippen molar-refractivity contribution in [1.29, 1.82) is 0 Å². The molecule has 2 N–H and O–H groups in total. The van der Waals surface area contributed by atoms with Gasteiger partial charge in [0.2, 0.25) is 0 Å². The predicted molar refractivity (Wildman–Crippen MR) is 150 cm³/mol. The maximum absolute atomic E-state index is 12.8. The third-order valence-electron chi connectivity index (χ3n) is 11.3. The van der Waals surface area contributed by atoms with Crippen molar-refractivity contribution < 1.29 is 28.6 Å². The Bertz CT molecular complexity index is 1170. The van der Waals surface area contributed by atoms with Gasteiger partial charge in [-0.15, -0.1) is 0 Å². The van der Waals surface area contributed by atoms with Gasteiger partial charge in [-0.05, 0) is 126 Å². The van der Waals surface area contributed by atoms with Crippen molar-refractivity contribution in [3.63, 3.8) is 0 Å². The first-order valence-corrected chi connectivity index (χ1v) is 15.2. The zero-order valence-electron chi connectivity index (χ0n) is 25.0. The Morgan fingerprint density at radius 1 is 1.05 bits per heavy atom. The second kappa shape index (κ2) is 10.2. The van der Waals surface area contributed by atoms with Gasteiger partial charge in [-0.1, -0.05) is 13.8 Å². The quantitative estimate of drug-likeness (QED) is 0.456. The van der Waals surface area contributed by atoms with Crippen LogP contribution < -0.4 is 10.9 Å². The highest BCUT2D eigenvalue weighted by molar-refractivity contribution is 5.81. The van der Waals surface area contributed by atoms with Crippen molar-refractivity contribution in [1.82, 2.24) is 5.32 Å². The molecule has 4 fully saturated rings. The van der Waals surface area contributed by atoms with Gasteiger partial charge in [0, 0.05) is 11.5 Å². The minimum Gasteiger partial charge on any atom is -0.461 e. The summed E-state index contributed by atoms with van der Waals surface area (Å²) in [5.41, 5.74) is -0.845. The molecule has 0 saturated heterocycles. The van der Waals surface area contributed by atoms with E-state index in [9.17, 15) is 19.5 Å². The number of carbonyl (C=O) groups excluding carboxylic acids is 2. The zero-order chi connectivity index (χ0) is 29.1. The lowest BCUT2D eigenvalue weighted by molar-refractivity contribution is -0.207. The van der Waals surface area contributed by atoms with Crippen LogP contribution in [0.4, 0.5) is 4.79 Å². The van der Waals surface area contributed by atoms with Crippen LogP contribution in [0.5, 0.6) is 0 Å². The fourth-order valence-corrected chi connectivity index (χ4v) is 9.20. The van der Waals surface area contributed by atoms with Crippen molar-refractivity contribution in [3.8, 4) is 0 Å². The van der Waals surface area contributed by atoms with Crippen LogP contribution in [-0.4, -0.2) is 40.5 Å². The van der Waals surface area contributed by atoms with Crippen molar-refractivity contribution in [2.45, 2.75) is 129 Å². The molecular formula is C32H47NO7. The monoisotopic (exact) mass is 557 g/mol. The van der Waals surface area contributed by atoms with Crippen LogP contribution in [0, 0.1) is 28.6 Å². The average Bonchev–Trinajstić information content (AvgIpc) is 3.14. The second-order valence-electron chi connectivity index (χ2n) is 14.6. The molecule has 9 atom stereocenters. The minimum atomic E-state index is -0.780. The molecule has 0 bridgehead atoms. The highest BCUT2D eigenvalue weighted by Gasteiger charge is 2.67. The SMILES string of the molecule is C[C@@H](NC(=O)OC(C)(C)C)C(=O)O[C@H]1CC[C@]2(C)C3CC[C@]4(C)[C@@H](c5ccc(=O)oc5)CC[C@]4(O)[C@@H]3CC[C@@H]2C1. The number of esters is 1. The van der Waals surface area contributed by atoms with Crippen LogP contribution in [0.3, 0.4) is 0 Å². The molecule has 1 amide bonds. The van der Waals surface area contributed by atoms with Gasteiger partial charge in [0.1, 0.15) is 17.7 Å². The summed E-state index contributed by atoms with van der Waals surface area (Å²) in [6.45, 7) is 11.6. The number of amides is 1. The Labute approximate surface area is 237 Å². The maximum atomic E-state index is 12.8. The lowest BCUT2D eigenvalue weighted by atomic mass is 9.43. The van der Waals surface area contributed by atoms with Crippen LogP contribution >= 0.6 is 0 Å². The molecule has 5 rings (SSSR count). The topological polar surface area (TPSA) is 115 Å². The largest absolute Gasteiger partial charge is 0.461 e. The fourth-order valence-electron chi connectivity index (χ4n) is 9.20. The lowest BCUT2D eigenvalue weighted by Crippen LogP contribution is -2.62. The van der Waals surface area contributed by atoms with Crippen LogP contribution in [0.15, 0.2) is 27.6 Å². The molecule has 1 unspecified atom stereocenters. The molecule has 40 heavy (non-hydrogen) atoms. The number of ether oxygens (including phenoxy) is 2. The van der Waals surface area contributed by atoms with E-state index < -0.39 is 29.3 Å². The van der Waals surface area contributed by atoms with Crippen molar-refractivity contribution in [2.24, 2.45) is 28.6 Å². The van der Waals surface area contributed by atoms with E-state index in [0.717, 1.165) is 63.4 Å². The smallest absolute Gasteiger partial charge is 0.408 e. The number of rotatable bonds is 4. The molecule has 222 valence electrons. The van der Waals surface area contributed by atoms with E-state index in [2.05, 4.69) is 19.2 Å². The van der Waals surface area contributed by atoms with Gasteiger partial charge in [-0.3, -0.25) is 0 Å². The van der Waals surface area contributed by atoms with Gasteiger partial charge in [0.25, 0.3) is 0 Å². The first-order valence-electron chi connectivity index (χ1n) is 15.2. The first kappa shape index (κ1) is 29.2. The summed E-state index contributed by atoms with van der Waals surface area (Å²) in [6, 6.07) is 2.59. The van der Waals surface area contributed by atoms with Gasteiger partial charge in [0.05, 0.1) is 11.9 Å². The van der Waals surface area contributed by atoms with E-state index in [0.29, 0.717) is 11.8 Å². The summed E-state index contributed by atoms with van der Waals surface area (Å²) in [7, 11) is 0. The van der Waals surface area contributed by atoms with Gasteiger partial charge in [-0.2, -0.15) is 0 Å². The molecule has 0 radical (unpaired) electrons. The fraction of sp³-hybridized carbons (Fsp3) is 0.781. The van der Waals surface area contributed by atoms with Crippen molar-refractivity contribution >= 4 is 12.1 Å². The maximum Gasteiger partial charge on any atom is 0.408 e. The molecule has 4 aliphatic rings. The number of hydrogen-bond donors (Lipinski definition) is 2. The zero-order valence-corrected chi connectivity index (χ0v) is 25.0. The van der Waals surface area contributed by atoms with Gasteiger partial charge in [-0.25, -0.2) is 14.4 Å². The standard InChI is InChI=1S/C32H47NO7/c1-19(33-28(36)40-29(2,3)4)27(35)39-22-11-14-30(5)21(17-22)8-9-25-24(30)12-15-31(6)23(13-16-32(25,31)37)20-7-10-26(34)38-18-20/h7,10,18-19,21-25,37H,8-9,11-17H2,1-6H3,(H,33,36)/t19-,21-,22+,23-,24?,25-,30+,31-,32+/m1/s1. The highest BCUT2D eigenvalue weighted by Crippen LogP contribution is 2.70. The van der Waals surface area contributed by atoms with Crippen molar-refractivity contribution in [3.05, 3.63) is 34.4 Å². The molecule has 0 aromatic carbocycles. The molecule has 0 aliphatic heterocycles. The Morgan fingerprint density at radius 3 is 2.48 bits per heavy atom. The Balaban J connectivity index is 1.24. The highest BCUT2D eigenvalue weighted by atomic mass is 16.6. The minimum absolute atomic E-state index is 0.0981. The van der Waals surface area contributed by atoms with Crippen LogP contribution in [0.2, 0.25) is 0 Å². The number of nitrogens with one attached hydrogen (secondary N) is 1. The number of carbonyl (C=O) groups is 2. The van der Waals surface area contributed by atoms with Crippen LogP contribution in [-0.2, 0) is 14.3 Å². The third-order valence-corrected chi connectivity index (χ3v) is 11.3. The number of hydrogen-bond acceptors (Lipinski definition) is 7. The molecule has 1 heterocycles. The Morgan fingerprint density at radius 2 is 1.80 bits per heavy atom. The summed E-state index contributed by atoms with van der Waals surface area (Å²) in [5, 5.41) is 15.0. The summed E-state index contributed by atoms with van der Waals surface area (Å²) >= 11 is 0. The normalized spacial score (nSPS) is 39.7. The Hall–Kier alpha value is -2.35. The number of fused-ring (bicyclic) bond motifs is 5. The first-order chi connectivity index (χ1) is 18.7. The number of alkyl carbamates (subject to hydrolysis) is 1. The predicted octanol–water partition coefficient (Wildman–Crippen LogP) is 5.71. The summed E-state index contributed by atoms with van der Waals surface area (Å²) in [6.07, 6.45) is 9.08. The second-order valence-corrected chi connectivity index (χ2v) is 14.6. The molecule has 1 aromatic heterocycles. The van der Waals surface area contributed by atoms with E-state index in [4.69, 9.17) is 13.9 Å². The molecule has 0 spiro atoms.